The summed E-state index contributed by atoms with van der Waals surface area (Å²) in [5.41, 5.74) is 4.10. The number of ketones is 1. The molecule has 2 aromatic rings. The van der Waals surface area contributed by atoms with E-state index in [9.17, 15) is 9.18 Å². The molecule has 1 saturated heterocycles. The summed E-state index contributed by atoms with van der Waals surface area (Å²) in [7, 11) is 0. The molecule has 4 nitrogen and oxygen atoms in total. The van der Waals surface area contributed by atoms with E-state index in [2.05, 4.69) is 28.2 Å². The van der Waals surface area contributed by atoms with E-state index in [1.807, 2.05) is 25.1 Å². The average molecular weight is 343 g/mol. The van der Waals surface area contributed by atoms with E-state index in [1.54, 1.807) is 0 Å². The van der Waals surface area contributed by atoms with Crippen LogP contribution in [0.5, 0.6) is 0 Å². The highest BCUT2D eigenvalue weighted by atomic mass is 19.1. The van der Waals surface area contributed by atoms with Gasteiger partial charge in [-0.05, 0) is 51.1 Å². The number of nitrogens with zero attached hydrogens (tertiary/aromatic N) is 3. The van der Waals surface area contributed by atoms with E-state index >= 15 is 0 Å². The topological polar surface area (TPSA) is 28.5 Å². The summed E-state index contributed by atoms with van der Waals surface area (Å²) in [6.45, 7) is 10.9. The Bertz CT molecular complexity index is 743. The molecule has 0 N–H and O–H groups in total. The predicted molar refractivity (Wildman–Crippen MR) is 99.0 cm³/mol. The van der Waals surface area contributed by atoms with Crippen molar-refractivity contribution in [2.45, 2.75) is 27.3 Å². The third-order valence-electron chi connectivity index (χ3n) is 5.12. The Morgan fingerprint density at radius 3 is 2.28 bits per heavy atom. The number of hydrogen-bond donors (Lipinski definition) is 0. The number of aryl methyl sites for hydroxylation is 1. The first-order chi connectivity index (χ1) is 12.0. The Hall–Kier alpha value is -2.14. The van der Waals surface area contributed by atoms with Gasteiger partial charge in [-0.15, -0.1) is 0 Å². The van der Waals surface area contributed by atoms with Gasteiger partial charge in [-0.1, -0.05) is 0 Å². The van der Waals surface area contributed by atoms with Crippen molar-refractivity contribution < 1.29 is 9.18 Å². The molecule has 3 rings (SSSR count). The third-order valence-corrected chi connectivity index (χ3v) is 5.12. The number of benzene rings is 1. The second-order valence-electron chi connectivity index (χ2n) is 6.69. The minimum atomic E-state index is -0.210. The highest BCUT2D eigenvalue weighted by Crippen LogP contribution is 2.19. The molecule has 0 spiro atoms. The maximum Gasteiger partial charge on any atom is 0.178 e. The van der Waals surface area contributed by atoms with E-state index in [-0.39, 0.29) is 11.6 Å². The fourth-order valence-corrected chi connectivity index (χ4v) is 3.67. The fourth-order valence-electron chi connectivity index (χ4n) is 3.67. The molecule has 5 heteroatoms. The van der Waals surface area contributed by atoms with Crippen molar-refractivity contribution in [3.8, 4) is 0 Å². The molecule has 0 unspecified atom stereocenters. The normalized spacial score (nSPS) is 15.6. The summed E-state index contributed by atoms with van der Waals surface area (Å²) in [4.78, 5) is 17.1. The second kappa shape index (κ2) is 7.40. The molecule has 0 aliphatic carbocycles. The van der Waals surface area contributed by atoms with Gasteiger partial charge < -0.3 is 9.47 Å². The predicted octanol–water partition coefficient (Wildman–Crippen LogP) is 3.27. The molecule has 1 fully saturated rings. The quantitative estimate of drug-likeness (QED) is 0.780. The summed E-state index contributed by atoms with van der Waals surface area (Å²) in [6, 6.07) is 8.63. The third kappa shape index (κ3) is 3.76. The first kappa shape index (κ1) is 17.7. The van der Waals surface area contributed by atoms with Crippen molar-refractivity contribution in [2.75, 3.05) is 37.6 Å². The molecule has 0 bridgehead atoms. The van der Waals surface area contributed by atoms with E-state index in [0.29, 0.717) is 6.54 Å². The molecule has 25 heavy (non-hydrogen) atoms. The van der Waals surface area contributed by atoms with Gasteiger partial charge >= 0.3 is 0 Å². The largest absolute Gasteiger partial charge is 0.369 e. The molecular weight excluding hydrogens is 317 g/mol. The first-order valence-corrected chi connectivity index (χ1v) is 8.92. The van der Waals surface area contributed by atoms with Crippen LogP contribution in [0.3, 0.4) is 0 Å². The van der Waals surface area contributed by atoms with E-state index in [4.69, 9.17) is 0 Å². The lowest BCUT2D eigenvalue weighted by Gasteiger charge is -2.35. The zero-order valence-corrected chi connectivity index (χ0v) is 15.3. The highest BCUT2D eigenvalue weighted by molar-refractivity contribution is 5.99. The van der Waals surface area contributed by atoms with Crippen LogP contribution in [0.1, 0.15) is 28.7 Å². The van der Waals surface area contributed by atoms with Crippen molar-refractivity contribution in [1.29, 1.82) is 0 Å². The molecule has 0 saturated carbocycles. The lowest BCUT2D eigenvalue weighted by molar-refractivity contribution is 0.0925. The average Bonchev–Trinajstić information content (AvgIpc) is 2.90. The summed E-state index contributed by atoms with van der Waals surface area (Å²) in [6.07, 6.45) is 0. The van der Waals surface area contributed by atoms with Gasteiger partial charge in [0.15, 0.2) is 5.78 Å². The van der Waals surface area contributed by atoms with Gasteiger partial charge in [-0.25, -0.2) is 4.39 Å². The molecule has 1 aliphatic heterocycles. The summed E-state index contributed by atoms with van der Waals surface area (Å²) < 4.78 is 15.2. The fraction of sp³-hybridized carbons (Fsp3) is 0.450. The molecule has 2 heterocycles. The van der Waals surface area contributed by atoms with E-state index in [1.165, 1.54) is 12.1 Å². The standard InChI is InChI=1S/C20H26FN3O/c1-4-24-15(2)13-19(16(24)3)20(25)14-22-9-11-23(12-10-22)18-7-5-17(21)6-8-18/h5-8,13H,4,9-12,14H2,1-3H3. The number of rotatable bonds is 5. The van der Waals surface area contributed by atoms with Crippen molar-refractivity contribution in [3.05, 3.63) is 53.1 Å². The lowest BCUT2D eigenvalue weighted by atomic mass is 10.1. The monoisotopic (exact) mass is 343 g/mol. The van der Waals surface area contributed by atoms with Gasteiger partial charge in [0.1, 0.15) is 5.82 Å². The molecule has 0 atom stereocenters. The minimum Gasteiger partial charge on any atom is -0.369 e. The molecule has 0 amide bonds. The molecule has 1 aromatic carbocycles. The van der Waals surface area contributed by atoms with Crippen molar-refractivity contribution >= 4 is 11.5 Å². The maximum absolute atomic E-state index is 13.0. The number of carbonyl (C=O) groups is 1. The SMILES string of the molecule is CCn1c(C)cc(C(=O)CN2CCN(c3ccc(F)cc3)CC2)c1C. The minimum absolute atomic E-state index is 0.197. The van der Waals surface area contributed by atoms with E-state index in [0.717, 1.165) is 55.4 Å². The Morgan fingerprint density at radius 2 is 1.72 bits per heavy atom. The van der Waals surface area contributed by atoms with Crippen molar-refractivity contribution in [3.63, 3.8) is 0 Å². The Balaban J connectivity index is 1.58. The van der Waals surface area contributed by atoms with Gasteiger partial charge in [0.05, 0.1) is 6.54 Å². The molecular formula is C20H26FN3O. The Morgan fingerprint density at radius 1 is 1.08 bits per heavy atom. The van der Waals surface area contributed by atoms with Crippen LogP contribution < -0.4 is 4.90 Å². The Kier molecular flexibility index (Phi) is 5.23. The number of hydrogen-bond acceptors (Lipinski definition) is 3. The molecule has 0 radical (unpaired) electrons. The number of halogens is 1. The first-order valence-electron chi connectivity index (χ1n) is 8.92. The number of anilines is 1. The summed E-state index contributed by atoms with van der Waals surface area (Å²) >= 11 is 0. The number of carbonyl (C=O) groups excluding carboxylic acids is 1. The van der Waals surface area contributed by atoms with Crippen LogP contribution in [0.4, 0.5) is 10.1 Å². The van der Waals surface area contributed by atoms with Gasteiger partial charge in [0.2, 0.25) is 0 Å². The van der Waals surface area contributed by atoms with Gasteiger partial charge in [0, 0.05) is 55.4 Å². The van der Waals surface area contributed by atoms with Crippen LogP contribution in [-0.2, 0) is 6.54 Å². The number of Topliss-reactive ketones (excluding diaryl/α,β-unsaturated/α-hetero) is 1. The molecule has 1 aliphatic rings. The van der Waals surface area contributed by atoms with Crippen molar-refractivity contribution in [1.82, 2.24) is 9.47 Å². The van der Waals surface area contributed by atoms with Gasteiger partial charge in [-0.3, -0.25) is 9.69 Å². The Labute approximate surface area is 148 Å². The van der Waals surface area contributed by atoms with Crippen LogP contribution in [0.15, 0.2) is 30.3 Å². The van der Waals surface area contributed by atoms with E-state index < -0.39 is 0 Å². The molecule has 1 aromatic heterocycles. The van der Waals surface area contributed by atoms with Crippen LogP contribution in [0, 0.1) is 19.7 Å². The number of piperazine rings is 1. The zero-order chi connectivity index (χ0) is 18.0. The van der Waals surface area contributed by atoms with Gasteiger partial charge in [0.25, 0.3) is 0 Å². The second-order valence-corrected chi connectivity index (χ2v) is 6.69. The lowest BCUT2D eigenvalue weighted by Crippen LogP contribution is -2.48. The zero-order valence-electron chi connectivity index (χ0n) is 15.3. The van der Waals surface area contributed by atoms with Crippen LogP contribution in [0.2, 0.25) is 0 Å². The van der Waals surface area contributed by atoms with Crippen LogP contribution in [-0.4, -0.2) is 48.0 Å². The summed E-state index contributed by atoms with van der Waals surface area (Å²) in [5, 5.41) is 0. The maximum atomic E-state index is 13.0. The van der Waals surface area contributed by atoms with Crippen LogP contribution >= 0.6 is 0 Å². The highest BCUT2D eigenvalue weighted by Gasteiger charge is 2.22. The molecule has 134 valence electrons. The van der Waals surface area contributed by atoms with Gasteiger partial charge in [-0.2, -0.15) is 0 Å². The smallest absolute Gasteiger partial charge is 0.178 e. The van der Waals surface area contributed by atoms with Crippen molar-refractivity contribution in [2.24, 2.45) is 0 Å². The number of aromatic nitrogens is 1. The summed E-state index contributed by atoms with van der Waals surface area (Å²) in [5.74, 6) is -0.0132. The van der Waals surface area contributed by atoms with Crippen LogP contribution in [0.25, 0.3) is 0 Å².